The lowest BCUT2D eigenvalue weighted by Gasteiger charge is -2.17. The van der Waals surface area contributed by atoms with Crippen molar-refractivity contribution in [1.29, 1.82) is 0 Å². The van der Waals surface area contributed by atoms with Crippen molar-refractivity contribution in [2.45, 2.75) is 12.5 Å². The van der Waals surface area contributed by atoms with Gasteiger partial charge in [0, 0.05) is 17.3 Å². The maximum absolute atomic E-state index is 12.9. The summed E-state index contributed by atoms with van der Waals surface area (Å²) in [6.45, 7) is 0.291. The predicted molar refractivity (Wildman–Crippen MR) is 74.0 cm³/mol. The number of ether oxygens (including phenoxy) is 1. The van der Waals surface area contributed by atoms with E-state index < -0.39 is 0 Å². The molecule has 1 amide bonds. The van der Waals surface area contributed by atoms with Gasteiger partial charge in [-0.05, 0) is 47.2 Å². The quantitative estimate of drug-likeness (QED) is 0.751. The number of benzene rings is 1. The Bertz CT molecular complexity index is 408. The first-order valence-corrected chi connectivity index (χ1v) is 6.52. The highest BCUT2D eigenvalue weighted by atomic mass is 127. The molecule has 0 radical (unpaired) electrons. The van der Waals surface area contributed by atoms with Gasteiger partial charge in [-0.15, -0.1) is 0 Å². The van der Waals surface area contributed by atoms with Crippen LogP contribution in [0.15, 0.2) is 18.2 Å². The molecule has 2 N–H and O–H groups in total. The molecule has 0 aliphatic heterocycles. The van der Waals surface area contributed by atoms with E-state index in [0.717, 1.165) is 0 Å². The van der Waals surface area contributed by atoms with Crippen LogP contribution in [0.1, 0.15) is 16.8 Å². The van der Waals surface area contributed by atoms with Crippen LogP contribution in [0.25, 0.3) is 0 Å². The molecule has 0 saturated heterocycles. The van der Waals surface area contributed by atoms with E-state index in [1.807, 2.05) is 22.6 Å². The zero-order valence-electron chi connectivity index (χ0n) is 9.95. The van der Waals surface area contributed by atoms with Gasteiger partial charge in [-0.1, -0.05) is 0 Å². The molecule has 1 aromatic carbocycles. The summed E-state index contributed by atoms with van der Waals surface area (Å²) in [5.41, 5.74) is 0.413. The molecule has 1 unspecified atom stereocenters. The van der Waals surface area contributed by atoms with Crippen LogP contribution in [-0.2, 0) is 4.74 Å². The van der Waals surface area contributed by atoms with Crippen molar-refractivity contribution in [2.75, 3.05) is 20.3 Å². The summed E-state index contributed by atoms with van der Waals surface area (Å²) < 4.78 is 18.4. The van der Waals surface area contributed by atoms with Gasteiger partial charge in [-0.2, -0.15) is 0 Å². The second-order valence-electron chi connectivity index (χ2n) is 3.76. The van der Waals surface area contributed by atoms with Gasteiger partial charge >= 0.3 is 0 Å². The van der Waals surface area contributed by atoms with Gasteiger partial charge in [-0.3, -0.25) is 4.79 Å². The Morgan fingerprint density at radius 1 is 1.61 bits per heavy atom. The molecule has 0 aliphatic rings. The van der Waals surface area contributed by atoms with Crippen LogP contribution in [0.2, 0.25) is 0 Å². The molecular formula is C12H15FINO3. The predicted octanol–water partition coefficient (Wildman–Crippen LogP) is 1.56. The molecule has 0 bridgehead atoms. The summed E-state index contributed by atoms with van der Waals surface area (Å²) in [6, 6.07) is 3.73. The normalized spacial score (nSPS) is 12.2. The first-order chi connectivity index (χ1) is 8.58. The Morgan fingerprint density at radius 3 is 2.89 bits per heavy atom. The zero-order chi connectivity index (χ0) is 13.5. The smallest absolute Gasteiger partial charge is 0.252 e. The monoisotopic (exact) mass is 367 g/mol. The van der Waals surface area contributed by atoms with Gasteiger partial charge in [-0.25, -0.2) is 4.39 Å². The molecule has 0 aliphatic carbocycles. The number of hydrogen-bond acceptors (Lipinski definition) is 3. The minimum absolute atomic E-state index is 0.0329. The van der Waals surface area contributed by atoms with E-state index >= 15 is 0 Å². The van der Waals surface area contributed by atoms with E-state index in [0.29, 0.717) is 22.2 Å². The minimum atomic E-state index is -0.375. The van der Waals surface area contributed by atoms with Crippen molar-refractivity contribution in [1.82, 2.24) is 5.32 Å². The van der Waals surface area contributed by atoms with Gasteiger partial charge in [0.05, 0.1) is 18.2 Å². The number of carbonyl (C=O) groups excluding carboxylic acids is 1. The molecule has 100 valence electrons. The van der Waals surface area contributed by atoms with Crippen LogP contribution in [-0.4, -0.2) is 37.4 Å². The second kappa shape index (κ2) is 7.65. The zero-order valence-corrected chi connectivity index (χ0v) is 12.1. The Morgan fingerprint density at radius 2 is 2.33 bits per heavy atom. The molecular weight excluding hydrogens is 352 g/mol. The third-order valence-corrected chi connectivity index (χ3v) is 3.25. The first-order valence-electron chi connectivity index (χ1n) is 5.44. The molecule has 4 nitrogen and oxygen atoms in total. The highest BCUT2D eigenvalue weighted by Gasteiger charge is 2.15. The summed E-state index contributed by atoms with van der Waals surface area (Å²) in [5, 5.41) is 11.6. The number of methoxy groups -OCH3 is 1. The SMILES string of the molecule is COCC(CCO)NC(=O)c1ccc(F)cc1I. The van der Waals surface area contributed by atoms with Gasteiger partial charge in [0.2, 0.25) is 0 Å². The largest absolute Gasteiger partial charge is 0.396 e. The molecule has 0 aromatic heterocycles. The van der Waals surface area contributed by atoms with Gasteiger partial charge in [0.15, 0.2) is 0 Å². The summed E-state index contributed by atoms with van der Waals surface area (Å²) in [5.74, 6) is -0.672. The van der Waals surface area contributed by atoms with Crippen LogP contribution in [0.4, 0.5) is 4.39 Å². The third-order valence-electron chi connectivity index (χ3n) is 2.36. The number of nitrogens with one attached hydrogen (secondary N) is 1. The Labute approximate surface area is 119 Å². The van der Waals surface area contributed by atoms with E-state index in [1.165, 1.54) is 25.3 Å². The van der Waals surface area contributed by atoms with Crippen LogP contribution in [0.3, 0.4) is 0 Å². The van der Waals surface area contributed by atoms with Crippen LogP contribution < -0.4 is 5.32 Å². The van der Waals surface area contributed by atoms with E-state index in [1.54, 1.807) is 0 Å². The van der Waals surface area contributed by atoms with Gasteiger partial charge in [0.1, 0.15) is 5.82 Å². The summed E-state index contributed by atoms with van der Waals surface area (Å²) in [6.07, 6.45) is 0.414. The topological polar surface area (TPSA) is 58.6 Å². The molecule has 1 rings (SSSR count). The van der Waals surface area contributed by atoms with Crippen molar-refractivity contribution in [3.63, 3.8) is 0 Å². The van der Waals surface area contributed by atoms with Crippen molar-refractivity contribution >= 4 is 28.5 Å². The minimum Gasteiger partial charge on any atom is -0.396 e. The molecule has 0 heterocycles. The average molecular weight is 367 g/mol. The van der Waals surface area contributed by atoms with Crippen molar-refractivity contribution in [3.8, 4) is 0 Å². The fourth-order valence-electron chi connectivity index (χ4n) is 1.49. The average Bonchev–Trinajstić information content (AvgIpc) is 2.29. The second-order valence-corrected chi connectivity index (χ2v) is 4.92. The number of aliphatic hydroxyl groups excluding tert-OH is 1. The van der Waals surface area contributed by atoms with Crippen LogP contribution >= 0.6 is 22.6 Å². The fraction of sp³-hybridized carbons (Fsp3) is 0.417. The maximum atomic E-state index is 12.9. The van der Waals surface area contributed by atoms with Crippen molar-refractivity contribution < 1.29 is 19.0 Å². The maximum Gasteiger partial charge on any atom is 0.252 e. The standard InChI is InChI=1S/C12H15FINO3/c1-18-7-9(4-5-16)15-12(17)10-3-2-8(13)6-11(10)14/h2-3,6,9,16H,4-5,7H2,1H3,(H,15,17). The Balaban J connectivity index is 2.73. The number of aliphatic hydroxyl groups is 1. The van der Waals surface area contributed by atoms with E-state index in [4.69, 9.17) is 9.84 Å². The number of hydrogen-bond donors (Lipinski definition) is 2. The van der Waals surface area contributed by atoms with Gasteiger partial charge < -0.3 is 15.2 Å². The summed E-state index contributed by atoms with van der Waals surface area (Å²) >= 11 is 1.91. The lowest BCUT2D eigenvalue weighted by atomic mass is 10.1. The molecule has 1 atom stereocenters. The first kappa shape index (κ1) is 15.3. The molecule has 0 spiro atoms. The molecule has 0 fully saturated rings. The summed E-state index contributed by atoms with van der Waals surface area (Å²) in [7, 11) is 1.53. The highest BCUT2D eigenvalue weighted by Crippen LogP contribution is 2.14. The molecule has 6 heteroatoms. The number of carbonyl (C=O) groups is 1. The number of halogens is 2. The Kier molecular flexibility index (Phi) is 6.51. The fourth-order valence-corrected chi connectivity index (χ4v) is 2.21. The van der Waals surface area contributed by atoms with Crippen LogP contribution in [0.5, 0.6) is 0 Å². The lowest BCUT2D eigenvalue weighted by molar-refractivity contribution is 0.0878. The van der Waals surface area contributed by atoms with E-state index in [-0.39, 0.29) is 24.4 Å². The highest BCUT2D eigenvalue weighted by molar-refractivity contribution is 14.1. The molecule has 1 aromatic rings. The third kappa shape index (κ3) is 4.51. The van der Waals surface area contributed by atoms with Crippen molar-refractivity contribution in [3.05, 3.63) is 33.1 Å². The van der Waals surface area contributed by atoms with E-state index in [9.17, 15) is 9.18 Å². The number of amides is 1. The van der Waals surface area contributed by atoms with Gasteiger partial charge in [0.25, 0.3) is 5.91 Å². The number of rotatable bonds is 6. The lowest BCUT2D eigenvalue weighted by Crippen LogP contribution is -2.39. The molecule has 0 saturated carbocycles. The van der Waals surface area contributed by atoms with Crippen LogP contribution in [0, 0.1) is 9.39 Å². The summed E-state index contributed by atoms with van der Waals surface area (Å²) in [4.78, 5) is 12.0. The van der Waals surface area contributed by atoms with E-state index in [2.05, 4.69) is 5.32 Å². The van der Waals surface area contributed by atoms with Crippen molar-refractivity contribution in [2.24, 2.45) is 0 Å². The Hall–Kier alpha value is -0.730. The molecule has 18 heavy (non-hydrogen) atoms.